The summed E-state index contributed by atoms with van der Waals surface area (Å²) < 4.78 is 6.07. The smallest absolute Gasteiger partial charge is 0.251 e. The molecule has 2 unspecified atom stereocenters. The number of hydrogen-bond donors (Lipinski definition) is 3. The Morgan fingerprint density at radius 1 is 1.25 bits per heavy atom. The van der Waals surface area contributed by atoms with Gasteiger partial charge in [-0.05, 0) is 42.9 Å². The zero-order valence-electron chi connectivity index (χ0n) is 18.0. The minimum atomic E-state index is -0.0441. The fraction of sp³-hybridized carbons (Fsp3) is 0.636. The van der Waals surface area contributed by atoms with Gasteiger partial charge < -0.3 is 20.7 Å². The van der Waals surface area contributed by atoms with Gasteiger partial charge in [-0.25, -0.2) is 0 Å². The molecule has 0 spiro atoms. The van der Waals surface area contributed by atoms with E-state index in [-0.39, 0.29) is 17.4 Å². The second kappa shape index (κ2) is 10.5. The number of rotatable bonds is 6. The van der Waals surface area contributed by atoms with E-state index in [4.69, 9.17) is 4.74 Å². The Hall–Kier alpha value is -2.08. The molecule has 1 aromatic carbocycles. The molecule has 6 nitrogen and oxygen atoms in total. The fourth-order valence-electron chi connectivity index (χ4n) is 3.73. The maximum Gasteiger partial charge on any atom is 0.251 e. The molecular formula is C22H36N4O2. The van der Waals surface area contributed by atoms with E-state index >= 15 is 0 Å². The highest BCUT2D eigenvalue weighted by atomic mass is 16.5. The second-order valence-electron chi connectivity index (χ2n) is 8.43. The van der Waals surface area contributed by atoms with E-state index in [0.29, 0.717) is 24.6 Å². The third-order valence-corrected chi connectivity index (χ3v) is 5.04. The van der Waals surface area contributed by atoms with Crippen molar-refractivity contribution in [3.63, 3.8) is 0 Å². The summed E-state index contributed by atoms with van der Waals surface area (Å²) in [6, 6.07) is 7.66. The van der Waals surface area contributed by atoms with Crippen LogP contribution in [-0.4, -0.2) is 44.7 Å². The number of carbonyl (C=O) groups is 1. The van der Waals surface area contributed by atoms with E-state index in [1.807, 2.05) is 31.2 Å². The van der Waals surface area contributed by atoms with Crippen molar-refractivity contribution in [1.29, 1.82) is 0 Å². The number of amides is 1. The predicted molar refractivity (Wildman–Crippen MR) is 115 cm³/mol. The van der Waals surface area contributed by atoms with Crippen molar-refractivity contribution in [2.24, 2.45) is 16.3 Å². The molecule has 6 heteroatoms. The lowest BCUT2D eigenvalue weighted by Crippen LogP contribution is -2.47. The van der Waals surface area contributed by atoms with Gasteiger partial charge in [0.15, 0.2) is 5.96 Å². The van der Waals surface area contributed by atoms with Crippen LogP contribution >= 0.6 is 0 Å². The zero-order valence-corrected chi connectivity index (χ0v) is 18.0. The first kappa shape index (κ1) is 22.2. The Labute approximate surface area is 169 Å². The molecule has 1 aromatic rings. The first-order valence-electron chi connectivity index (χ1n) is 10.3. The molecule has 156 valence electrons. The van der Waals surface area contributed by atoms with Crippen LogP contribution in [0.25, 0.3) is 0 Å². The number of hydrogen-bond acceptors (Lipinski definition) is 3. The van der Waals surface area contributed by atoms with Crippen molar-refractivity contribution in [3.8, 4) is 0 Å². The van der Waals surface area contributed by atoms with Crippen LogP contribution in [0, 0.1) is 11.3 Å². The van der Waals surface area contributed by atoms with Gasteiger partial charge in [0.2, 0.25) is 0 Å². The number of ether oxygens (including phenoxy) is 1. The van der Waals surface area contributed by atoms with Crippen LogP contribution in [0.2, 0.25) is 0 Å². The molecule has 0 radical (unpaired) electrons. The van der Waals surface area contributed by atoms with Crippen molar-refractivity contribution in [1.82, 2.24) is 16.0 Å². The molecule has 0 bridgehead atoms. The molecule has 3 N–H and O–H groups in total. The number of benzene rings is 1. The van der Waals surface area contributed by atoms with Crippen molar-refractivity contribution >= 4 is 11.9 Å². The Kier molecular flexibility index (Phi) is 8.30. The average Bonchev–Trinajstić information content (AvgIpc) is 2.68. The Morgan fingerprint density at radius 2 is 2.04 bits per heavy atom. The third-order valence-electron chi connectivity index (χ3n) is 5.04. The van der Waals surface area contributed by atoms with E-state index in [1.54, 1.807) is 7.05 Å². The Balaban J connectivity index is 1.89. The van der Waals surface area contributed by atoms with Gasteiger partial charge in [0.05, 0.1) is 6.10 Å². The highest BCUT2D eigenvalue weighted by molar-refractivity contribution is 5.94. The summed E-state index contributed by atoms with van der Waals surface area (Å²) in [6.45, 7) is 11.6. The lowest BCUT2D eigenvalue weighted by molar-refractivity contribution is -0.0835. The predicted octanol–water partition coefficient (Wildman–Crippen LogP) is 2.94. The van der Waals surface area contributed by atoms with Crippen LogP contribution < -0.4 is 16.0 Å². The lowest BCUT2D eigenvalue weighted by atomic mass is 9.78. The summed E-state index contributed by atoms with van der Waals surface area (Å²) in [5, 5.41) is 9.62. The molecule has 1 amide bonds. The van der Waals surface area contributed by atoms with Gasteiger partial charge in [0.25, 0.3) is 5.91 Å². The number of nitrogens with zero attached hydrogens (tertiary/aromatic N) is 1. The summed E-state index contributed by atoms with van der Waals surface area (Å²) in [6.07, 6.45) is 2.53. The minimum absolute atomic E-state index is 0.0441. The second-order valence-corrected chi connectivity index (χ2v) is 8.43. The van der Waals surface area contributed by atoms with Gasteiger partial charge in [0.1, 0.15) is 0 Å². The zero-order chi connectivity index (χ0) is 20.6. The number of carbonyl (C=O) groups excluding carboxylic acids is 1. The van der Waals surface area contributed by atoms with Gasteiger partial charge in [-0.1, -0.05) is 32.9 Å². The van der Waals surface area contributed by atoms with Gasteiger partial charge >= 0.3 is 0 Å². The molecule has 0 aliphatic carbocycles. The summed E-state index contributed by atoms with van der Waals surface area (Å²) in [5.41, 5.74) is 1.85. The minimum Gasteiger partial charge on any atom is -0.377 e. The molecule has 1 aliphatic heterocycles. The highest BCUT2D eigenvalue weighted by Gasteiger charge is 2.35. The number of guanidine groups is 1. The molecule has 1 fully saturated rings. The van der Waals surface area contributed by atoms with Gasteiger partial charge in [-0.3, -0.25) is 9.79 Å². The van der Waals surface area contributed by atoms with Crippen molar-refractivity contribution in [2.75, 3.05) is 26.7 Å². The average molecular weight is 389 g/mol. The summed E-state index contributed by atoms with van der Waals surface area (Å²) in [7, 11) is 1.78. The summed E-state index contributed by atoms with van der Waals surface area (Å²) in [4.78, 5) is 16.3. The van der Waals surface area contributed by atoms with Crippen LogP contribution in [0.1, 0.15) is 56.5 Å². The lowest BCUT2D eigenvalue weighted by Gasteiger charge is -2.40. The first-order chi connectivity index (χ1) is 13.3. The Bertz CT molecular complexity index is 667. The van der Waals surface area contributed by atoms with E-state index < -0.39 is 0 Å². The van der Waals surface area contributed by atoms with Crippen molar-refractivity contribution < 1.29 is 9.53 Å². The molecule has 1 saturated heterocycles. The molecule has 28 heavy (non-hydrogen) atoms. The quantitative estimate of drug-likeness (QED) is 0.517. The van der Waals surface area contributed by atoms with Crippen molar-refractivity contribution in [3.05, 3.63) is 35.4 Å². The van der Waals surface area contributed by atoms with E-state index in [2.05, 4.69) is 41.7 Å². The van der Waals surface area contributed by atoms with Gasteiger partial charge in [-0.15, -0.1) is 0 Å². The maximum absolute atomic E-state index is 12.0. The highest BCUT2D eigenvalue weighted by Crippen LogP contribution is 2.33. The molecule has 2 rings (SSSR count). The molecule has 1 aliphatic rings. The molecule has 2 atom stereocenters. The van der Waals surface area contributed by atoms with Gasteiger partial charge in [-0.2, -0.15) is 0 Å². The maximum atomic E-state index is 12.0. The number of aliphatic imine (C=N–C) groups is 1. The number of nitrogens with one attached hydrogen (secondary N) is 3. The van der Waals surface area contributed by atoms with Crippen LogP contribution in [0.3, 0.4) is 0 Å². The summed E-state index contributed by atoms with van der Waals surface area (Å²) in [5.74, 6) is 1.19. The molecule has 0 saturated carbocycles. The molecule has 0 aromatic heterocycles. The standard InChI is InChI=1S/C22H36N4O2/c1-6-24-20(27)17-10-7-9-16(13-17)14-25-21(23-5)26-15-18-11-8-12-28-19(18)22(2,3)4/h7,9-10,13,18-19H,6,8,11-12,14-15H2,1-5H3,(H,24,27)(H2,23,25,26). The molecular weight excluding hydrogens is 352 g/mol. The van der Waals surface area contributed by atoms with Gasteiger partial charge in [0, 0.05) is 44.8 Å². The topological polar surface area (TPSA) is 74.8 Å². The fourth-order valence-corrected chi connectivity index (χ4v) is 3.73. The third kappa shape index (κ3) is 6.51. The first-order valence-corrected chi connectivity index (χ1v) is 10.3. The van der Waals surface area contributed by atoms with Crippen LogP contribution in [0.5, 0.6) is 0 Å². The van der Waals surface area contributed by atoms with Crippen molar-refractivity contribution in [2.45, 2.75) is 53.2 Å². The Morgan fingerprint density at radius 3 is 2.71 bits per heavy atom. The van der Waals surface area contributed by atoms with E-state index in [0.717, 1.165) is 31.1 Å². The summed E-state index contributed by atoms with van der Waals surface area (Å²) >= 11 is 0. The van der Waals surface area contributed by atoms with E-state index in [9.17, 15) is 4.79 Å². The largest absolute Gasteiger partial charge is 0.377 e. The monoisotopic (exact) mass is 388 g/mol. The van der Waals surface area contributed by atoms with Crippen LogP contribution in [0.15, 0.2) is 29.3 Å². The SMILES string of the molecule is CCNC(=O)c1cccc(CNC(=NC)NCC2CCCOC2C(C)(C)C)c1. The molecule has 1 heterocycles. The van der Waals surface area contributed by atoms with Crippen LogP contribution in [-0.2, 0) is 11.3 Å². The van der Waals surface area contributed by atoms with E-state index in [1.165, 1.54) is 6.42 Å². The van der Waals surface area contributed by atoms with Crippen LogP contribution in [0.4, 0.5) is 0 Å². The normalized spacial score (nSPS) is 20.5.